The van der Waals surface area contributed by atoms with Gasteiger partial charge in [-0.25, -0.2) is 4.98 Å². The van der Waals surface area contributed by atoms with Gasteiger partial charge < -0.3 is 10.1 Å². The number of fused-ring (bicyclic) bond motifs is 1. The molecule has 6 heteroatoms. The van der Waals surface area contributed by atoms with E-state index in [-0.39, 0.29) is 23.7 Å². The van der Waals surface area contributed by atoms with Crippen LogP contribution in [0.25, 0.3) is 10.9 Å². The Labute approximate surface area is 181 Å². The number of ether oxygens (including phenoxy) is 1. The highest BCUT2D eigenvalue weighted by molar-refractivity contribution is 7.99. The second kappa shape index (κ2) is 9.30. The summed E-state index contributed by atoms with van der Waals surface area (Å²) in [6, 6.07) is 17.5. The molecule has 1 aromatic heterocycles. The van der Waals surface area contributed by atoms with E-state index in [0.29, 0.717) is 5.69 Å². The van der Waals surface area contributed by atoms with Gasteiger partial charge >= 0.3 is 5.97 Å². The maximum atomic E-state index is 12.1. The molecule has 3 rings (SSSR count). The molecular formula is C24H26N2O3S. The number of hydrogen-bond acceptors (Lipinski definition) is 5. The average molecular weight is 423 g/mol. The molecule has 5 nitrogen and oxygen atoms in total. The Morgan fingerprint density at radius 3 is 2.47 bits per heavy atom. The minimum absolute atomic E-state index is 0.0498. The van der Waals surface area contributed by atoms with E-state index in [9.17, 15) is 9.59 Å². The SMILES string of the molecule is Cc1cc(SCC(=O)OCC(=O)Nc2ccc(C(C)(C)C)cc2)nc2ccccc12. The number of hydrogen-bond donors (Lipinski definition) is 1. The summed E-state index contributed by atoms with van der Waals surface area (Å²) in [5.41, 5.74) is 3.91. The topological polar surface area (TPSA) is 68.3 Å². The van der Waals surface area contributed by atoms with Gasteiger partial charge in [0.05, 0.1) is 16.3 Å². The second-order valence-electron chi connectivity index (χ2n) is 8.12. The summed E-state index contributed by atoms with van der Waals surface area (Å²) in [6.07, 6.45) is 0. The van der Waals surface area contributed by atoms with E-state index in [4.69, 9.17) is 4.74 Å². The average Bonchev–Trinajstić information content (AvgIpc) is 2.70. The van der Waals surface area contributed by atoms with Crippen LogP contribution in [0.4, 0.5) is 5.69 Å². The molecule has 0 saturated heterocycles. The number of aryl methyl sites for hydroxylation is 1. The third-order valence-corrected chi connectivity index (χ3v) is 5.52. The summed E-state index contributed by atoms with van der Waals surface area (Å²) in [7, 11) is 0. The van der Waals surface area contributed by atoms with Crippen molar-refractivity contribution >= 4 is 40.2 Å². The molecule has 0 bridgehead atoms. The molecule has 0 fully saturated rings. The van der Waals surface area contributed by atoms with Gasteiger partial charge in [0.2, 0.25) is 0 Å². The Balaban J connectivity index is 1.47. The van der Waals surface area contributed by atoms with Crippen LogP contribution in [0.1, 0.15) is 31.9 Å². The van der Waals surface area contributed by atoms with Crippen molar-refractivity contribution in [2.24, 2.45) is 0 Å². The van der Waals surface area contributed by atoms with E-state index < -0.39 is 5.97 Å². The van der Waals surface area contributed by atoms with E-state index in [1.165, 1.54) is 17.3 Å². The number of nitrogens with zero attached hydrogens (tertiary/aromatic N) is 1. The second-order valence-corrected chi connectivity index (χ2v) is 9.12. The smallest absolute Gasteiger partial charge is 0.316 e. The fourth-order valence-corrected chi connectivity index (χ4v) is 3.74. The van der Waals surface area contributed by atoms with Gasteiger partial charge in [-0.1, -0.05) is 62.9 Å². The predicted octanol–water partition coefficient (Wildman–Crippen LogP) is 5.11. The van der Waals surface area contributed by atoms with E-state index in [1.54, 1.807) is 0 Å². The number of amides is 1. The van der Waals surface area contributed by atoms with E-state index in [2.05, 4.69) is 31.1 Å². The van der Waals surface area contributed by atoms with Crippen LogP contribution in [0.15, 0.2) is 59.6 Å². The fraction of sp³-hybridized carbons (Fsp3) is 0.292. The molecule has 0 aliphatic rings. The standard InChI is InChI=1S/C24H26N2O3S/c1-16-13-22(26-20-8-6-5-7-19(16)20)30-15-23(28)29-14-21(27)25-18-11-9-17(10-12-18)24(2,3)4/h5-13H,14-15H2,1-4H3,(H,25,27). The molecule has 0 spiro atoms. The Morgan fingerprint density at radius 1 is 1.07 bits per heavy atom. The van der Waals surface area contributed by atoms with Crippen molar-refractivity contribution in [3.05, 3.63) is 65.7 Å². The quantitative estimate of drug-likeness (QED) is 0.441. The number of benzene rings is 2. The van der Waals surface area contributed by atoms with Gasteiger partial charge in [-0.3, -0.25) is 9.59 Å². The van der Waals surface area contributed by atoms with Gasteiger partial charge in [0.15, 0.2) is 6.61 Å². The molecule has 3 aromatic rings. The molecule has 1 heterocycles. The van der Waals surface area contributed by atoms with E-state index in [1.807, 2.05) is 61.5 Å². The summed E-state index contributed by atoms with van der Waals surface area (Å²) in [5.74, 6) is -0.722. The number of nitrogens with one attached hydrogen (secondary N) is 1. The summed E-state index contributed by atoms with van der Waals surface area (Å²) >= 11 is 1.30. The van der Waals surface area contributed by atoms with Crippen LogP contribution in [-0.4, -0.2) is 29.2 Å². The number of esters is 1. The number of anilines is 1. The number of rotatable bonds is 6. The summed E-state index contributed by atoms with van der Waals surface area (Å²) in [4.78, 5) is 28.6. The van der Waals surface area contributed by atoms with E-state index in [0.717, 1.165) is 21.5 Å². The maximum Gasteiger partial charge on any atom is 0.316 e. The first kappa shape index (κ1) is 21.8. The molecule has 0 aliphatic carbocycles. The third kappa shape index (κ3) is 5.83. The van der Waals surface area contributed by atoms with Gasteiger partial charge in [0, 0.05) is 11.1 Å². The molecule has 1 N–H and O–H groups in total. The highest BCUT2D eigenvalue weighted by Crippen LogP contribution is 2.24. The van der Waals surface area contributed by atoms with Crippen molar-refractivity contribution in [2.75, 3.05) is 17.7 Å². The first-order valence-corrected chi connectivity index (χ1v) is 10.8. The lowest BCUT2D eigenvalue weighted by Gasteiger charge is -2.19. The number of para-hydroxylation sites is 1. The van der Waals surface area contributed by atoms with Crippen molar-refractivity contribution in [1.82, 2.24) is 4.98 Å². The predicted molar refractivity (Wildman–Crippen MR) is 122 cm³/mol. The molecule has 0 aliphatic heterocycles. The lowest BCUT2D eigenvalue weighted by molar-refractivity contribution is -0.144. The lowest BCUT2D eigenvalue weighted by atomic mass is 9.87. The Morgan fingerprint density at radius 2 is 1.77 bits per heavy atom. The summed E-state index contributed by atoms with van der Waals surface area (Å²) < 4.78 is 5.09. The summed E-state index contributed by atoms with van der Waals surface area (Å²) in [5, 5.41) is 4.59. The molecular weight excluding hydrogens is 396 g/mol. The van der Waals surface area contributed by atoms with Gasteiger partial charge in [0.1, 0.15) is 0 Å². The van der Waals surface area contributed by atoms with Crippen LogP contribution >= 0.6 is 11.8 Å². The van der Waals surface area contributed by atoms with Gasteiger partial charge in [-0.2, -0.15) is 0 Å². The van der Waals surface area contributed by atoms with Gasteiger partial charge in [-0.15, -0.1) is 0 Å². The van der Waals surface area contributed by atoms with Gasteiger partial charge in [-0.05, 0) is 47.7 Å². The highest BCUT2D eigenvalue weighted by Gasteiger charge is 2.14. The number of aromatic nitrogens is 1. The van der Waals surface area contributed by atoms with Crippen molar-refractivity contribution in [2.45, 2.75) is 38.1 Å². The lowest BCUT2D eigenvalue weighted by Crippen LogP contribution is -2.21. The van der Waals surface area contributed by atoms with Crippen LogP contribution in [0.3, 0.4) is 0 Å². The molecule has 30 heavy (non-hydrogen) atoms. The minimum Gasteiger partial charge on any atom is -0.455 e. The zero-order valence-corrected chi connectivity index (χ0v) is 18.5. The molecule has 0 unspecified atom stereocenters. The maximum absolute atomic E-state index is 12.1. The monoisotopic (exact) mass is 422 g/mol. The van der Waals surface area contributed by atoms with Crippen LogP contribution in [0.5, 0.6) is 0 Å². The van der Waals surface area contributed by atoms with Crippen molar-refractivity contribution in [1.29, 1.82) is 0 Å². The minimum atomic E-state index is -0.453. The molecule has 2 aromatic carbocycles. The van der Waals surface area contributed by atoms with Crippen LogP contribution in [-0.2, 0) is 19.7 Å². The largest absolute Gasteiger partial charge is 0.455 e. The van der Waals surface area contributed by atoms with Gasteiger partial charge in [0.25, 0.3) is 5.91 Å². The third-order valence-electron chi connectivity index (χ3n) is 4.64. The summed E-state index contributed by atoms with van der Waals surface area (Å²) in [6.45, 7) is 8.10. The van der Waals surface area contributed by atoms with Crippen LogP contribution in [0, 0.1) is 6.92 Å². The Hall–Kier alpha value is -2.86. The normalized spacial score (nSPS) is 11.3. The Bertz CT molecular complexity index is 1060. The fourth-order valence-electron chi connectivity index (χ4n) is 2.96. The van der Waals surface area contributed by atoms with E-state index >= 15 is 0 Å². The molecule has 0 saturated carbocycles. The molecule has 0 atom stereocenters. The number of carbonyl (C=O) groups is 2. The molecule has 1 amide bonds. The van der Waals surface area contributed by atoms with Crippen molar-refractivity contribution in [3.63, 3.8) is 0 Å². The zero-order valence-electron chi connectivity index (χ0n) is 17.7. The van der Waals surface area contributed by atoms with Crippen LogP contribution < -0.4 is 5.32 Å². The van der Waals surface area contributed by atoms with Crippen LogP contribution in [0.2, 0.25) is 0 Å². The number of carbonyl (C=O) groups excluding carboxylic acids is 2. The zero-order chi connectivity index (χ0) is 21.7. The Kier molecular flexibility index (Phi) is 6.77. The first-order chi connectivity index (χ1) is 14.2. The van der Waals surface area contributed by atoms with Crippen molar-refractivity contribution < 1.29 is 14.3 Å². The molecule has 156 valence electrons. The number of thioether (sulfide) groups is 1. The first-order valence-electron chi connectivity index (χ1n) is 9.77. The highest BCUT2D eigenvalue weighted by atomic mass is 32.2. The number of pyridine rings is 1. The van der Waals surface area contributed by atoms with Crippen molar-refractivity contribution in [3.8, 4) is 0 Å². The molecule has 0 radical (unpaired) electrons.